The van der Waals surface area contributed by atoms with Crippen LogP contribution in [0, 0.1) is 5.92 Å². The molecule has 1 fully saturated rings. The predicted octanol–water partition coefficient (Wildman–Crippen LogP) is 1.44. The van der Waals surface area contributed by atoms with E-state index in [4.69, 9.17) is 9.63 Å². The van der Waals surface area contributed by atoms with Crippen LogP contribution in [0.1, 0.15) is 31.7 Å². The Morgan fingerprint density at radius 3 is 3.00 bits per heavy atom. The summed E-state index contributed by atoms with van der Waals surface area (Å²) in [5.74, 6) is 1.57. The Balaban J connectivity index is 1.87. The smallest absolute Gasteiger partial charge is 0.137 e. The van der Waals surface area contributed by atoms with Gasteiger partial charge in [0.2, 0.25) is 0 Å². The Kier molecular flexibility index (Phi) is 3.61. The third-order valence-electron chi connectivity index (χ3n) is 3.31. The molecule has 0 saturated carbocycles. The lowest BCUT2D eigenvalue weighted by Gasteiger charge is -2.19. The fourth-order valence-corrected chi connectivity index (χ4v) is 2.31. The largest absolute Gasteiger partial charge is 0.390 e. The summed E-state index contributed by atoms with van der Waals surface area (Å²) in [6, 6.07) is 2.49. The molecule has 2 rings (SSSR count). The molecule has 0 bridgehead atoms. The number of hydrogen-bond acceptors (Lipinski definition) is 4. The molecule has 1 unspecified atom stereocenters. The molecule has 90 valence electrons. The molecule has 0 spiro atoms. The third-order valence-corrected chi connectivity index (χ3v) is 3.31. The summed E-state index contributed by atoms with van der Waals surface area (Å²) in [4.78, 5) is 2.49. The van der Waals surface area contributed by atoms with Crippen LogP contribution >= 0.6 is 0 Å². The second-order valence-corrected chi connectivity index (χ2v) is 4.89. The fourth-order valence-electron chi connectivity index (χ4n) is 2.31. The van der Waals surface area contributed by atoms with Crippen LogP contribution in [0.25, 0.3) is 0 Å². The van der Waals surface area contributed by atoms with E-state index in [1.165, 1.54) is 13.0 Å². The van der Waals surface area contributed by atoms with Crippen molar-refractivity contribution >= 4 is 0 Å². The van der Waals surface area contributed by atoms with E-state index in [2.05, 4.69) is 23.9 Å². The summed E-state index contributed by atoms with van der Waals surface area (Å²) in [7, 11) is 0. The van der Waals surface area contributed by atoms with Crippen LogP contribution in [0.15, 0.2) is 10.6 Å². The average Bonchev–Trinajstić information content (AvgIpc) is 2.87. The molecule has 1 atom stereocenters. The first kappa shape index (κ1) is 11.6. The summed E-state index contributed by atoms with van der Waals surface area (Å²) in [5, 5.41) is 12.7. The van der Waals surface area contributed by atoms with Gasteiger partial charge in [0.1, 0.15) is 11.5 Å². The molecule has 16 heavy (non-hydrogen) atoms. The Morgan fingerprint density at radius 2 is 2.44 bits per heavy atom. The van der Waals surface area contributed by atoms with Gasteiger partial charge in [-0.1, -0.05) is 5.16 Å². The van der Waals surface area contributed by atoms with E-state index in [9.17, 15) is 0 Å². The van der Waals surface area contributed by atoms with Gasteiger partial charge < -0.3 is 14.5 Å². The van der Waals surface area contributed by atoms with Crippen molar-refractivity contribution in [2.24, 2.45) is 5.92 Å². The zero-order valence-electron chi connectivity index (χ0n) is 10.0. The first-order valence-electron chi connectivity index (χ1n) is 5.98. The zero-order valence-corrected chi connectivity index (χ0v) is 10.0. The van der Waals surface area contributed by atoms with Crippen molar-refractivity contribution < 1.29 is 9.63 Å². The summed E-state index contributed by atoms with van der Waals surface area (Å²) in [5.41, 5.74) is 0.633. The molecule has 1 N–H and O–H groups in total. The van der Waals surface area contributed by atoms with Crippen molar-refractivity contribution in [1.29, 1.82) is 0 Å². The van der Waals surface area contributed by atoms with Gasteiger partial charge in [-0.25, -0.2) is 0 Å². The van der Waals surface area contributed by atoms with Crippen molar-refractivity contribution in [1.82, 2.24) is 10.1 Å². The topological polar surface area (TPSA) is 49.5 Å². The normalized spacial score (nSPS) is 22.1. The second-order valence-electron chi connectivity index (χ2n) is 4.89. The van der Waals surface area contributed by atoms with E-state index in [-0.39, 0.29) is 6.61 Å². The highest BCUT2D eigenvalue weighted by molar-refractivity contribution is 5.05. The molecule has 0 radical (unpaired) electrons. The molecule has 1 aliphatic rings. The minimum Gasteiger partial charge on any atom is -0.390 e. The third kappa shape index (κ3) is 2.62. The highest BCUT2D eigenvalue weighted by atomic mass is 16.5. The van der Waals surface area contributed by atoms with Gasteiger partial charge in [-0.3, -0.25) is 0 Å². The van der Waals surface area contributed by atoms with E-state index < -0.39 is 0 Å². The van der Waals surface area contributed by atoms with Crippen LogP contribution < -0.4 is 0 Å². The number of aromatic nitrogens is 1. The summed E-state index contributed by atoms with van der Waals surface area (Å²) in [6.45, 7) is 6.77. The number of likely N-dealkylation sites (tertiary alicyclic amines) is 1. The number of aliphatic hydroxyl groups is 1. The molecular formula is C12H20N2O2. The Labute approximate surface area is 96.2 Å². The minimum absolute atomic E-state index is 0.0354. The second kappa shape index (κ2) is 4.97. The standard InChI is InChI=1S/C12H20N2O2/c1-9(2)14-4-3-10(7-14)5-12-6-11(8-15)13-16-12/h6,9-10,15H,3-5,7-8H2,1-2H3. The first-order chi connectivity index (χ1) is 7.69. The fraction of sp³-hybridized carbons (Fsp3) is 0.750. The van der Waals surface area contributed by atoms with Crippen LogP contribution in [0.4, 0.5) is 0 Å². The van der Waals surface area contributed by atoms with Crippen LogP contribution in [-0.4, -0.2) is 34.3 Å². The Morgan fingerprint density at radius 1 is 1.62 bits per heavy atom. The molecule has 1 saturated heterocycles. The van der Waals surface area contributed by atoms with E-state index in [1.54, 1.807) is 0 Å². The molecule has 0 aliphatic carbocycles. The lowest BCUT2D eigenvalue weighted by atomic mass is 10.0. The highest BCUT2D eigenvalue weighted by Gasteiger charge is 2.25. The van der Waals surface area contributed by atoms with Crippen molar-refractivity contribution in [3.05, 3.63) is 17.5 Å². The molecule has 0 amide bonds. The molecule has 0 aromatic carbocycles. The SMILES string of the molecule is CC(C)N1CCC(Cc2cc(CO)no2)C1. The lowest BCUT2D eigenvalue weighted by molar-refractivity contribution is 0.257. The quantitative estimate of drug-likeness (QED) is 0.840. The maximum Gasteiger partial charge on any atom is 0.137 e. The summed E-state index contributed by atoms with van der Waals surface area (Å²) >= 11 is 0. The van der Waals surface area contributed by atoms with Crippen molar-refractivity contribution in [3.8, 4) is 0 Å². The van der Waals surface area contributed by atoms with Gasteiger partial charge in [0.15, 0.2) is 0 Å². The number of aliphatic hydroxyl groups excluding tert-OH is 1. The monoisotopic (exact) mass is 224 g/mol. The maximum absolute atomic E-state index is 8.90. The molecular weight excluding hydrogens is 204 g/mol. The van der Waals surface area contributed by atoms with Gasteiger partial charge in [-0.2, -0.15) is 0 Å². The summed E-state index contributed by atoms with van der Waals surface area (Å²) in [6.07, 6.45) is 2.17. The molecule has 1 aromatic rings. The molecule has 1 aromatic heterocycles. The maximum atomic E-state index is 8.90. The van der Waals surface area contributed by atoms with Crippen LogP contribution in [0.2, 0.25) is 0 Å². The van der Waals surface area contributed by atoms with E-state index >= 15 is 0 Å². The number of nitrogens with zero attached hydrogens (tertiary/aromatic N) is 2. The van der Waals surface area contributed by atoms with E-state index in [1.807, 2.05) is 6.07 Å². The van der Waals surface area contributed by atoms with E-state index in [0.29, 0.717) is 17.7 Å². The average molecular weight is 224 g/mol. The van der Waals surface area contributed by atoms with Gasteiger partial charge in [0, 0.05) is 25.1 Å². The van der Waals surface area contributed by atoms with Gasteiger partial charge in [0.05, 0.1) is 6.61 Å². The molecule has 1 aliphatic heterocycles. The Hall–Kier alpha value is -0.870. The highest BCUT2D eigenvalue weighted by Crippen LogP contribution is 2.22. The minimum atomic E-state index is -0.0354. The van der Waals surface area contributed by atoms with Gasteiger partial charge in [-0.15, -0.1) is 0 Å². The molecule has 4 heteroatoms. The zero-order chi connectivity index (χ0) is 11.5. The predicted molar refractivity (Wildman–Crippen MR) is 60.9 cm³/mol. The van der Waals surface area contributed by atoms with Crippen LogP contribution in [0.3, 0.4) is 0 Å². The van der Waals surface area contributed by atoms with Crippen molar-refractivity contribution in [3.63, 3.8) is 0 Å². The number of rotatable bonds is 4. The first-order valence-corrected chi connectivity index (χ1v) is 5.98. The molecule has 4 nitrogen and oxygen atoms in total. The van der Waals surface area contributed by atoms with Gasteiger partial charge in [-0.05, 0) is 32.7 Å². The van der Waals surface area contributed by atoms with Crippen LogP contribution in [-0.2, 0) is 13.0 Å². The van der Waals surface area contributed by atoms with E-state index in [0.717, 1.165) is 18.7 Å². The number of hydrogen-bond donors (Lipinski definition) is 1. The van der Waals surface area contributed by atoms with Gasteiger partial charge in [0.25, 0.3) is 0 Å². The van der Waals surface area contributed by atoms with Crippen molar-refractivity contribution in [2.75, 3.05) is 13.1 Å². The van der Waals surface area contributed by atoms with Crippen LogP contribution in [0.5, 0.6) is 0 Å². The Bertz CT molecular complexity index is 336. The summed E-state index contributed by atoms with van der Waals surface area (Å²) < 4.78 is 5.18. The lowest BCUT2D eigenvalue weighted by Crippen LogP contribution is -2.28. The molecule has 2 heterocycles. The van der Waals surface area contributed by atoms with Crippen molar-refractivity contribution in [2.45, 2.75) is 39.3 Å². The van der Waals surface area contributed by atoms with Gasteiger partial charge >= 0.3 is 0 Å².